The van der Waals surface area contributed by atoms with Crippen molar-refractivity contribution in [3.63, 3.8) is 0 Å². The standard InChI is InChI=1S/C21H21N9/c1-12-10-30(11-25-12)21-18-16(4-7-23-21)26-20(27-18)17-15-8-14(9-24-19(15)29-28-17)13-2-5-22-6-3-13/h4,7-11,13,22H,2-3,5-6H2,1H3,(H,26,27)(H,24,28,29). The molecule has 0 amide bonds. The van der Waals surface area contributed by atoms with Gasteiger partial charge in [0.1, 0.15) is 17.5 Å². The molecule has 0 spiro atoms. The quantitative estimate of drug-likeness (QED) is 0.430. The third-order valence-corrected chi connectivity index (χ3v) is 5.81. The maximum Gasteiger partial charge on any atom is 0.166 e. The van der Waals surface area contributed by atoms with Gasteiger partial charge in [0.25, 0.3) is 0 Å². The minimum absolute atomic E-state index is 0.529. The van der Waals surface area contributed by atoms with Crippen LogP contribution in [0.5, 0.6) is 0 Å². The van der Waals surface area contributed by atoms with Gasteiger partial charge in [-0.2, -0.15) is 5.10 Å². The summed E-state index contributed by atoms with van der Waals surface area (Å²) in [5.41, 5.74) is 5.42. The van der Waals surface area contributed by atoms with Gasteiger partial charge in [-0.1, -0.05) is 0 Å². The van der Waals surface area contributed by atoms with Crippen molar-refractivity contribution in [3.05, 3.63) is 48.3 Å². The van der Waals surface area contributed by atoms with Crippen LogP contribution >= 0.6 is 0 Å². The van der Waals surface area contributed by atoms with Crippen molar-refractivity contribution < 1.29 is 0 Å². The molecule has 5 aromatic rings. The molecule has 150 valence electrons. The zero-order valence-corrected chi connectivity index (χ0v) is 16.6. The van der Waals surface area contributed by atoms with E-state index < -0.39 is 0 Å². The average Bonchev–Trinajstić information content (AvgIpc) is 3.51. The number of aryl methyl sites for hydroxylation is 1. The summed E-state index contributed by atoms with van der Waals surface area (Å²) in [5.74, 6) is 1.97. The van der Waals surface area contributed by atoms with E-state index in [1.165, 1.54) is 5.56 Å². The first kappa shape index (κ1) is 17.3. The van der Waals surface area contributed by atoms with Gasteiger partial charge in [0.2, 0.25) is 0 Å². The van der Waals surface area contributed by atoms with Crippen molar-refractivity contribution in [1.82, 2.24) is 45.0 Å². The Morgan fingerprint density at radius 1 is 1.13 bits per heavy atom. The number of H-pyrrole nitrogens is 2. The second-order valence-corrected chi connectivity index (χ2v) is 7.80. The molecule has 9 nitrogen and oxygen atoms in total. The van der Waals surface area contributed by atoms with Crippen molar-refractivity contribution in [2.24, 2.45) is 0 Å². The Labute approximate surface area is 172 Å². The predicted octanol–water partition coefficient (Wildman–Crippen LogP) is 2.86. The molecule has 1 saturated heterocycles. The van der Waals surface area contributed by atoms with E-state index in [2.05, 4.69) is 41.5 Å². The van der Waals surface area contributed by atoms with Crippen LogP contribution in [0.2, 0.25) is 0 Å². The van der Waals surface area contributed by atoms with E-state index in [0.717, 1.165) is 65.2 Å². The number of nitrogens with one attached hydrogen (secondary N) is 3. The summed E-state index contributed by atoms with van der Waals surface area (Å²) >= 11 is 0. The summed E-state index contributed by atoms with van der Waals surface area (Å²) < 4.78 is 1.89. The van der Waals surface area contributed by atoms with Crippen LogP contribution in [0.4, 0.5) is 0 Å². The Kier molecular flexibility index (Phi) is 3.88. The molecule has 5 aromatic heterocycles. The third-order valence-electron chi connectivity index (χ3n) is 5.81. The molecule has 0 aromatic carbocycles. The molecule has 9 heteroatoms. The zero-order chi connectivity index (χ0) is 20.1. The van der Waals surface area contributed by atoms with Crippen molar-refractivity contribution in [3.8, 4) is 17.3 Å². The average molecular weight is 399 g/mol. The Morgan fingerprint density at radius 2 is 2.03 bits per heavy atom. The lowest BCUT2D eigenvalue weighted by Crippen LogP contribution is -2.26. The fourth-order valence-electron chi connectivity index (χ4n) is 4.24. The maximum atomic E-state index is 4.85. The number of imidazole rings is 2. The Hall–Kier alpha value is -3.59. The van der Waals surface area contributed by atoms with Crippen molar-refractivity contribution >= 4 is 22.1 Å². The van der Waals surface area contributed by atoms with E-state index in [1.54, 1.807) is 12.5 Å². The SMILES string of the molecule is Cc1cn(-c2nccc3[nH]c(-c4n[nH]c5ncc(C6CCNCC6)cc45)nc23)cn1. The number of aromatic nitrogens is 8. The van der Waals surface area contributed by atoms with Gasteiger partial charge < -0.3 is 10.3 Å². The van der Waals surface area contributed by atoms with E-state index in [0.29, 0.717) is 11.7 Å². The zero-order valence-electron chi connectivity index (χ0n) is 16.6. The molecule has 0 radical (unpaired) electrons. The number of hydrogen-bond acceptors (Lipinski definition) is 6. The molecule has 0 atom stereocenters. The molecule has 6 rings (SSSR count). The number of fused-ring (bicyclic) bond motifs is 2. The number of hydrogen-bond donors (Lipinski definition) is 3. The largest absolute Gasteiger partial charge is 0.336 e. The van der Waals surface area contributed by atoms with Gasteiger partial charge in [-0.05, 0) is 56.5 Å². The fourth-order valence-corrected chi connectivity index (χ4v) is 4.24. The van der Waals surface area contributed by atoms with Crippen molar-refractivity contribution in [1.29, 1.82) is 0 Å². The van der Waals surface area contributed by atoms with E-state index >= 15 is 0 Å². The van der Waals surface area contributed by atoms with Gasteiger partial charge in [0.15, 0.2) is 17.3 Å². The highest BCUT2D eigenvalue weighted by atomic mass is 15.2. The Morgan fingerprint density at radius 3 is 2.87 bits per heavy atom. The molecule has 3 N–H and O–H groups in total. The fraction of sp³-hybridized carbons (Fsp3) is 0.286. The van der Waals surface area contributed by atoms with Crippen molar-refractivity contribution in [2.75, 3.05) is 13.1 Å². The molecular formula is C21H21N9. The van der Waals surface area contributed by atoms with E-state index in [1.807, 2.05) is 30.0 Å². The molecule has 0 saturated carbocycles. The second kappa shape index (κ2) is 6.74. The van der Waals surface area contributed by atoms with Gasteiger partial charge in [-0.15, -0.1) is 0 Å². The molecule has 0 bridgehead atoms. The molecule has 0 unspecified atom stereocenters. The van der Waals surface area contributed by atoms with Crippen LogP contribution in [-0.2, 0) is 0 Å². The molecule has 1 aliphatic rings. The predicted molar refractivity (Wildman–Crippen MR) is 113 cm³/mol. The second-order valence-electron chi connectivity index (χ2n) is 7.80. The highest BCUT2D eigenvalue weighted by Crippen LogP contribution is 2.31. The van der Waals surface area contributed by atoms with Gasteiger partial charge in [-0.25, -0.2) is 19.9 Å². The lowest BCUT2D eigenvalue weighted by molar-refractivity contribution is 0.460. The van der Waals surface area contributed by atoms with Crippen molar-refractivity contribution in [2.45, 2.75) is 25.7 Å². The van der Waals surface area contributed by atoms with Crippen LogP contribution < -0.4 is 5.32 Å². The molecular weight excluding hydrogens is 378 g/mol. The number of rotatable bonds is 3. The summed E-state index contributed by atoms with van der Waals surface area (Å²) in [6, 6.07) is 4.13. The lowest BCUT2D eigenvalue weighted by atomic mass is 9.91. The van der Waals surface area contributed by atoms with E-state index in [-0.39, 0.29) is 0 Å². The van der Waals surface area contributed by atoms with Crippen LogP contribution in [0, 0.1) is 6.92 Å². The highest BCUT2D eigenvalue weighted by molar-refractivity contribution is 5.92. The first-order chi connectivity index (χ1) is 14.8. The monoisotopic (exact) mass is 399 g/mol. The minimum atomic E-state index is 0.529. The van der Waals surface area contributed by atoms with Crippen LogP contribution in [0.25, 0.3) is 39.4 Å². The van der Waals surface area contributed by atoms with Gasteiger partial charge >= 0.3 is 0 Å². The number of piperidine rings is 1. The topological polar surface area (TPSA) is 113 Å². The molecule has 1 aliphatic heterocycles. The lowest BCUT2D eigenvalue weighted by Gasteiger charge is -2.22. The van der Waals surface area contributed by atoms with Gasteiger partial charge in [0.05, 0.1) is 16.6 Å². The van der Waals surface area contributed by atoms with Gasteiger partial charge in [-0.3, -0.25) is 9.67 Å². The van der Waals surface area contributed by atoms with Crippen LogP contribution in [0.3, 0.4) is 0 Å². The summed E-state index contributed by atoms with van der Waals surface area (Å²) in [6.45, 7) is 4.05. The molecule has 30 heavy (non-hydrogen) atoms. The Balaban J connectivity index is 1.47. The first-order valence-electron chi connectivity index (χ1n) is 10.2. The molecule has 6 heterocycles. The number of nitrogens with zero attached hydrogens (tertiary/aromatic N) is 6. The highest BCUT2D eigenvalue weighted by Gasteiger charge is 2.20. The van der Waals surface area contributed by atoms with E-state index in [4.69, 9.17) is 4.98 Å². The van der Waals surface area contributed by atoms with E-state index in [9.17, 15) is 0 Å². The molecule has 0 aliphatic carbocycles. The smallest absolute Gasteiger partial charge is 0.166 e. The van der Waals surface area contributed by atoms with Crippen LogP contribution in [-0.4, -0.2) is 52.8 Å². The van der Waals surface area contributed by atoms with Crippen LogP contribution in [0.1, 0.15) is 30.0 Å². The van der Waals surface area contributed by atoms with Gasteiger partial charge in [0, 0.05) is 18.6 Å². The van der Waals surface area contributed by atoms with Crippen LogP contribution in [0.15, 0.2) is 37.1 Å². The summed E-state index contributed by atoms with van der Waals surface area (Å²) in [6.07, 6.45) is 9.70. The molecule has 1 fully saturated rings. The summed E-state index contributed by atoms with van der Waals surface area (Å²) in [4.78, 5) is 21.7. The number of aromatic amines is 2. The summed E-state index contributed by atoms with van der Waals surface area (Å²) in [5, 5.41) is 12.0. The maximum absolute atomic E-state index is 4.85. The minimum Gasteiger partial charge on any atom is -0.336 e. The normalized spacial score (nSPS) is 15.4. The Bertz CT molecular complexity index is 1350. The summed E-state index contributed by atoms with van der Waals surface area (Å²) in [7, 11) is 0. The first-order valence-corrected chi connectivity index (χ1v) is 10.2. The number of pyridine rings is 2. The third kappa shape index (κ3) is 2.78.